The van der Waals surface area contributed by atoms with E-state index in [2.05, 4.69) is 100 Å². The van der Waals surface area contributed by atoms with Crippen molar-refractivity contribution in [2.45, 2.75) is 32.5 Å². The van der Waals surface area contributed by atoms with E-state index in [4.69, 9.17) is 4.43 Å². The molecule has 0 amide bonds. The molecular formula is C25H34Cl2OSi2Zr-4. The average molecular weight is 569 g/mol. The van der Waals surface area contributed by atoms with Crippen LogP contribution in [0.4, 0.5) is 0 Å². The molecule has 170 valence electrons. The number of fused-ring (bicyclic) bond motifs is 3. The van der Waals surface area contributed by atoms with Crippen LogP contribution < -0.4 is 0 Å². The molecule has 0 heterocycles. The van der Waals surface area contributed by atoms with Crippen molar-refractivity contribution >= 4 is 61.6 Å². The van der Waals surface area contributed by atoms with Gasteiger partial charge < -0.3 is 18.8 Å². The molecule has 4 rings (SSSR count). The molecule has 1 aliphatic rings. The molecule has 6 heteroatoms. The van der Waals surface area contributed by atoms with Gasteiger partial charge in [-0.2, -0.15) is 12.5 Å². The van der Waals surface area contributed by atoms with E-state index in [0.29, 0.717) is 0 Å². The molecule has 0 bridgehead atoms. The summed E-state index contributed by atoms with van der Waals surface area (Å²) in [5, 5.41) is 5.39. The zero-order valence-corrected chi connectivity index (χ0v) is 25.1. The molecule has 0 spiro atoms. The van der Waals surface area contributed by atoms with E-state index in [9.17, 15) is 0 Å². The normalized spacial score (nSPS) is 10.7. The fourth-order valence-corrected chi connectivity index (χ4v) is 3.38. The monoisotopic (exact) mass is 566 g/mol. The molecular weight excluding hydrogens is 535 g/mol. The minimum Gasteiger partial charge on any atom is -0.126 e. The van der Waals surface area contributed by atoms with Gasteiger partial charge in [-0.05, 0) is 19.6 Å². The zero-order chi connectivity index (χ0) is 20.8. The van der Waals surface area contributed by atoms with Gasteiger partial charge in [0.1, 0.15) is 0 Å². The second kappa shape index (κ2) is 20.3. The first kappa shape index (κ1) is 35.2. The van der Waals surface area contributed by atoms with Crippen LogP contribution in [0.1, 0.15) is 12.8 Å². The summed E-state index contributed by atoms with van der Waals surface area (Å²) in [7, 11) is -1.22. The van der Waals surface area contributed by atoms with Crippen LogP contribution in [0.2, 0.25) is 19.6 Å². The maximum Gasteiger partial charge on any atom is -0.0771 e. The van der Waals surface area contributed by atoms with Crippen molar-refractivity contribution in [2.24, 2.45) is 0 Å². The number of rotatable bonds is 3. The Hall–Kier alpha value is -0.353. The van der Waals surface area contributed by atoms with Crippen LogP contribution in [0.3, 0.4) is 0 Å². The maximum atomic E-state index is 5.45. The van der Waals surface area contributed by atoms with Crippen molar-refractivity contribution < 1.29 is 27.8 Å². The van der Waals surface area contributed by atoms with E-state index >= 15 is 0 Å². The first-order chi connectivity index (χ1) is 13.5. The Kier molecular flexibility index (Phi) is 23.0. The Labute approximate surface area is 220 Å². The molecule has 0 saturated heterocycles. The second-order valence-electron chi connectivity index (χ2n) is 7.14. The second-order valence-corrected chi connectivity index (χ2v) is 11.6. The number of halogens is 2. The molecule has 0 saturated carbocycles. The molecule has 31 heavy (non-hydrogen) atoms. The van der Waals surface area contributed by atoms with E-state index in [0.717, 1.165) is 19.4 Å². The van der Waals surface area contributed by atoms with Gasteiger partial charge in [-0.15, -0.1) is 71.0 Å². The predicted octanol–water partition coefficient (Wildman–Crippen LogP) is 7.99. The van der Waals surface area contributed by atoms with Crippen LogP contribution in [0.5, 0.6) is 0 Å². The largest absolute Gasteiger partial charge is 0.126 e. The molecule has 0 unspecified atom stereocenters. The molecule has 3 aromatic rings. The Morgan fingerprint density at radius 3 is 1.77 bits per heavy atom. The quantitative estimate of drug-likeness (QED) is 0.230. The Bertz CT molecular complexity index is 825. The number of allylic oxidation sites excluding steroid dienone is 4. The molecule has 0 atom stereocenters. The standard InChI is InChI=1S/C13H9.C6H15OSi.C5H5.CH3.2ClH.Si.Zr/c1-3-7-12-10(5-1)9-11-6-2-4-8-13(11)12;1-5-6-7-8(2,3)4;1-2-4-5-3-1;;;;;/h1-9H;1,5-6H2,2-4H3;1-3H,4H2;1H3;2*1H;;/q4*-1;;;;. The zero-order valence-electron chi connectivity index (χ0n) is 19.0. The molecule has 0 fully saturated rings. The van der Waals surface area contributed by atoms with E-state index in [1.807, 2.05) is 12.2 Å². The van der Waals surface area contributed by atoms with Crippen molar-refractivity contribution in [1.82, 2.24) is 0 Å². The van der Waals surface area contributed by atoms with Gasteiger partial charge in [0.25, 0.3) is 0 Å². The van der Waals surface area contributed by atoms with Crippen LogP contribution in [-0.2, 0) is 27.8 Å². The molecule has 0 aromatic heterocycles. The maximum absolute atomic E-state index is 5.45. The fourth-order valence-electron chi connectivity index (χ4n) is 2.62. The van der Waals surface area contributed by atoms with Gasteiger partial charge in [-0.3, -0.25) is 6.08 Å². The number of hydrogen-bond donors (Lipinski definition) is 0. The summed E-state index contributed by atoms with van der Waals surface area (Å²) in [6.07, 6.45) is 10.9. The first-order valence-electron chi connectivity index (χ1n) is 9.44. The average Bonchev–Trinajstić information content (AvgIpc) is 3.39. The summed E-state index contributed by atoms with van der Waals surface area (Å²) in [6, 6.07) is 19.3. The van der Waals surface area contributed by atoms with Gasteiger partial charge in [0.2, 0.25) is 0 Å². The summed E-state index contributed by atoms with van der Waals surface area (Å²) < 4.78 is 5.45. The smallest absolute Gasteiger partial charge is 0.0771 e. The van der Waals surface area contributed by atoms with Crippen LogP contribution in [0.15, 0.2) is 72.8 Å². The first-order valence-corrected chi connectivity index (χ1v) is 17.0. The van der Waals surface area contributed by atoms with Crippen molar-refractivity contribution in [3.8, 4) is 0 Å². The van der Waals surface area contributed by atoms with Crippen molar-refractivity contribution in [3.63, 3.8) is 0 Å². The number of hydrogen-bond acceptors (Lipinski definition) is 1. The molecule has 1 nitrogen and oxygen atoms in total. The summed E-state index contributed by atoms with van der Waals surface area (Å²) in [6.45, 7) is 14.1. The summed E-state index contributed by atoms with van der Waals surface area (Å²) in [5.41, 5.74) is 0. The van der Waals surface area contributed by atoms with Crippen LogP contribution in [0, 0.1) is 20.4 Å². The van der Waals surface area contributed by atoms with E-state index in [1.54, 1.807) is 0 Å². The van der Waals surface area contributed by atoms with Crippen molar-refractivity contribution in [3.05, 3.63) is 93.3 Å². The summed E-state index contributed by atoms with van der Waals surface area (Å²) >= 11 is 1.36. The Balaban J connectivity index is -0.000000382. The van der Waals surface area contributed by atoms with E-state index < -0.39 is 8.32 Å². The molecule has 0 N–H and O–H groups in total. The van der Waals surface area contributed by atoms with Gasteiger partial charge in [0.05, 0.1) is 0 Å². The van der Waals surface area contributed by atoms with E-state index in [-0.39, 0.29) is 32.2 Å². The molecule has 0 aliphatic heterocycles. The van der Waals surface area contributed by atoms with E-state index in [1.165, 1.54) is 44.9 Å². The summed E-state index contributed by atoms with van der Waals surface area (Å²) in [4.78, 5) is 0. The van der Waals surface area contributed by atoms with Crippen molar-refractivity contribution in [2.75, 3.05) is 6.61 Å². The predicted molar refractivity (Wildman–Crippen MR) is 145 cm³/mol. The third-order valence-electron chi connectivity index (χ3n) is 3.79. The molecule has 2 radical (unpaired) electrons. The fraction of sp³-hybridized carbons (Fsp3) is 0.240. The topological polar surface area (TPSA) is 9.23 Å². The van der Waals surface area contributed by atoms with Crippen LogP contribution in [0.25, 0.3) is 21.5 Å². The van der Waals surface area contributed by atoms with Crippen molar-refractivity contribution in [1.29, 1.82) is 0 Å². The Morgan fingerprint density at radius 1 is 1.00 bits per heavy atom. The van der Waals surface area contributed by atoms with Crippen LogP contribution in [-0.4, -0.2) is 21.8 Å². The SMILES string of the molecule is Cl.Cl.[C-]1=CC=CC1.[CH2-]CCO[Si](C)(C)C.[CH3-].[Si]=[Zr].c1ccc2c(c1)[cH-]c1ccccc12. The van der Waals surface area contributed by atoms with Gasteiger partial charge in [-0.1, -0.05) is 36.4 Å². The number of benzene rings is 2. The van der Waals surface area contributed by atoms with Gasteiger partial charge in [0.15, 0.2) is 8.32 Å². The minimum atomic E-state index is -1.22. The third kappa shape index (κ3) is 14.4. The molecule has 3 aromatic carbocycles. The minimum absolute atomic E-state index is 0. The third-order valence-corrected chi connectivity index (χ3v) is 4.86. The Morgan fingerprint density at radius 2 is 1.48 bits per heavy atom. The van der Waals surface area contributed by atoms with Gasteiger partial charge >= 0.3 is 30.2 Å². The van der Waals surface area contributed by atoms with Gasteiger partial charge in [0, 0.05) is 6.61 Å². The van der Waals surface area contributed by atoms with Gasteiger partial charge in [-0.25, -0.2) is 12.2 Å². The summed E-state index contributed by atoms with van der Waals surface area (Å²) in [5.74, 6) is 0. The van der Waals surface area contributed by atoms with Crippen LogP contribution >= 0.6 is 24.8 Å². The molecule has 1 aliphatic carbocycles.